The molecule has 0 saturated carbocycles. The topological polar surface area (TPSA) is 98.2 Å². The van der Waals surface area contributed by atoms with Crippen molar-refractivity contribution < 1.29 is 24.6 Å². The predicted octanol–water partition coefficient (Wildman–Crippen LogP) is 3.25. The summed E-state index contributed by atoms with van der Waals surface area (Å²) in [4.78, 5) is 38.4. The molecule has 1 fully saturated rings. The predicted molar refractivity (Wildman–Crippen MR) is 120 cm³/mol. The molecule has 0 aromatic heterocycles. The largest absolute Gasteiger partial charge is 0.478 e. The van der Waals surface area contributed by atoms with Gasteiger partial charge in [-0.1, -0.05) is 41.6 Å². The van der Waals surface area contributed by atoms with Crippen LogP contribution >= 0.6 is 11.8 Å². The maximum atomic E-state index is 12.9. The number of hydrogen-bond donors (Lipinski definition) is 2. The first-order chi connectivity index (χ1) is 14.8. The number of carbonyl (C=O) groups is 3. The van der Waals surface area contributed by atoms with Gasteiger partial charge in [0.1, 0.15) is 0 Å². The number of nitrogens with zero attached hydrogens (tertiary/aromatic N) is 2. The number of aryl methyl sites for hydroxylation is 1. The van der Waals surface area contributed by atoms with E-state index in [1.807, 2.05) is 29.2 Å². The van der Waals surface area contributed by atoms with Crippen molar-refractivity contribution in [1.82, 2.24) is 9.80 Å². The smallest absolute Gasteiger partial charge is 0.328 e. The number of amides is 1. The van der Waals surface area contributed by atoms with E-state index in [-0.39, 0.29) is 5.91 Å². The highest BCUT2D eigenvalue weighted by Gasteiger charge is 2.22. The zero-order valence-corrected chi connectivity index (χ0v) is 18.3. The van der Waals surface area contributed by atoms with Gasteiger partial charge in [-0.2, -0.15) is 0 Å². The van der Waals surface area contributed by atoms with Crippen LogP contribution in [-0.2, 0) is 9.59 Å². The van der Waals surface area contributed by atoms with Gasteiger partial charge < -0.3 is 20.0 Å². The Kier molecular flexibility index (Phi) is 9.30. The van der Waals surface area contributed by atoms with Crippen LogP contribution in [0.3, 0.4) is 0 Å². The minimum atomic E-state index is -1.26. The molecule has 1 heterocycles. The Labute approximate surface area is 186 Å². The third kappa shape index (κ3) is 8.27. The molecule has 1 amide bonds. The molecule has 164 valence electrons. The van der Waals surface area contributed by atoms with Crippen LogP contribution in [0.2, 0.25) is 0 Å². The van der Waals surface area contributed by atoms with Gasteiger partial charge in [0.15, 0.2) is 0 Å². The molecule has 2 N–H and O–H groups in total. The molecule has 1 aliphatic rings. The Morgan fingerprint density at radius 3 is 1.97 bits per heavy atom. The molecule has 2 aromatic rings. The molecule has 1 saturated heterocycles. The fourth-order valence-electron chi connectivity index (χ4n) is 2.79. The summed E-state index contributed by atoms with van der Waals surface area (Å²) in [6.45, 7) is 5.58. The van der Waals surface area contributed by atoms with Gasteiger partial charge in [-0.15, -0.1) is 0 Å². The van der Waals surface area contributed by atoms with Gasteiger partial charge in [0, 0.05) is 48.1 Å². The van der Waals surface area contributed by atoms with E-state index in [1.165, 1.54) is 5.56 Å². The van der Waals surface area contributed by atoms with Gasteiger partial charge in [-0.3, -0.25) is 4.79 Å². The summed E-state index contributed by atoms with van der Waals surface area (Å²) < 4.78 is 0. The Morgan fingerprint density at radius 2 is 1.42 bits per heavy atom. The van der Waals surface area contributed by atoms with Crippen molar-refractivity contribution in [3.63, 3.8) is 0 Å². The Balaban J connectivity index is 0.000000366. The Morgan fingerprint density at radius 1 is 0.871 bits per heavy atom. The lowest BCUT2D eigenvalue weighted by Gasteiger charge is -2.32. The van der Waals surface area contributed by atoms with E-state index in [0.717, 1.165) is 41.5 Å². The lowest BCUT2D eigenvalue weighted by Crippen LogP contribution is -2.47. The molecule has 31 heavy (non-hydrogen) atoms. The van der Waals surface area contributed by atoms with Crippen LogP contribution in [0.1, 0.15) is 15.9 Å². The molecule has 2 aromatic carbocycles. The number of rotatable bonds is 5. The summed E-state index contributed by atoms with van der Waals surface area (Å²) >= 11 is 1.66. The SMILES string of the molecule is Cc1ccc(Sc2ccccc2C(=O)N2CCN(C)CC2)cc1.O=C(O)C=CC(=O)O. The van der Waals surface area contributed by atoms with Gasteiger partial charge in [0.05, 0.1) is 5.56 Å². The average Bonchev–Trinajstić information content (AvgIpc) is 2.75. The van der Waals surface area contributed by atoms with Crippen molar-refractivity contribution >= 4 is 29.6 Å². The molecule has 0 unspecified atom stereocenters. The van der Waals surface area contributed by atoms with Gasteiger partial charge in [-0.05, 0) is 38.2 Å². The standard InChI is InChI=1S/C19H22N2OS.C4H4O4/c1-15-7-9-16(10-8-15)23-18-6-4-3-5-17(18)19(22)21-13-11-20(2)12-14-21;5-3(6)1-2-4(7)8/h3-10H,11-14H2,1-2H3;1-2H,(H,5,6)(H,7,8). The minimum Gasteiger partial charge on any atom is -0.478 e. The molecule has 0 radical (unpaired) electrons. The number of piperazine rings is 1. The quantitative estimate of drug-likeness (QED) is 0.686. The molecule has 3 rings (SSSR count). The molecule has 0 bridgehead atoms. The second-order valence-electron chi connectivity index (χ2n) is 7.02. The van der Waals surface area contributed by atoms with Crippen molar-refractivity contribution in [3.05, 3.63) is 71.8 Å². The van der Waals surface area contributed by atoms with Crippen molar-refractivity contribution in [3.8, 4) is 0 Å². The van der Waals surface area contributed by atoms with E-state index in [9.17, 15) is 14.4 Å². The summed E-state index contributed by atoms with van der Waals surface area (Å²) in [7, 11) is 2.10. The molecule has 7 nitrogen and oxygen atoms in total. The zero-order valence-electron chi connectivity index (χ0n) is 17.5. The maximum Gasteiger partial charge on any atom is 0.328 e. The first-order valence-corrected chi connectivity index (χ1v) is 10.5. The van der Waals surface area contributed by atoms with E-state index < -0.39 is 11.9 Å². The monoisotopic (exact) mass is 442 g/mol. The normalized spacial score (nSPS) is 14.1. The van der Waals surface area contributed by atoms with Gasteiger partial charge in [-0.25, -0.2) is 9.59 Å². The van der Waals surface area contributed by atoms with Crippen LogP contribution in [-0.4, -0.2) is 71.1 Å². The van der Waals surface area contributed by atoms with E-state index in [2.05, 4.69) is 43.1 Å². The van der Waals surface area contributed by atoms with Crippen LogP contribution in [0.25, 0.3) is 0 Å². The van der Waals surface area contributed by atoms with Crippen LogP contribution in [0.15, 0.2) is 70.5 Å². The van der Waals surface area contributed by atoms with Crippen molar-refractivity contribution in [1.29, 1.82) is 0 Å². The Bertz CT molecular complexity index is 919. The average molecular weight is 443 g/mol. The number of likely N-dealkylation sites (N-methyl/N-ethyl adjacent to an activating group) is 1. The maximum absolute atomic E-state index is 12.9. The van der Waals surface area contributed by atoms with E-state index >= 15 is 0 Å². The van der Waals surface area contributed by atoms with Gasteiger partial charge in [0.2, 0.25) is 0 Å². The molecule has 8 heteroatoms. The lowest BCUT2D eigenvalue weighted by atomic mass is 10.2. The number of hydrogen-bond acceptors (Lipinski definition) is 5. The molecule has 0 atom stereocenters. The van der Waals surface area contributed by atoms with E-state index in [4.69, 9.17) is 10.2 Å². The summed E-state index contributed by atoms with van der Waals surface area (Å²) in [5.74, 6) is -2.37. The third-order valence-electron chi connectivity index (χ3n) is 4.53. The fraction of sp³-hybridized carbons (Fsp3) is 0.261. The number of benzene rings is 2. The molecule has 0 spiro atoms. The second kappa shape index (κ2) is 11.9. The molecular formula is C23H26N2O5S. The molecular weight excluding hydrogens is 416 g/mol. The van der Waals surface area contributed by atoms with Crippen molar-refractivity contribution in [2.75, 3.05) is 33.2 Å². The van der Waals surface area contributed by atoms with Gasteiger partial charge >= 0.3 is 11.9 Å². The van der Waals surface area contributed by atoms with E-state index in [0.29, 0.717) is 12.2 Å². The second-order valence-corrected chi connectivity index (χ2v) is 8.13. The summed E-state index contributed by atoms with van der Waals surface area (Å²) in [5, 5.41) is 15.6. The number of carboxylic acid groups (broad SMARTS) is 2. The molecule has 0 aliphatic carbocycles. The minimum absolute atomic E-state index is 0.147. The zero-order chi connectivity index (χ0) is 22.8. The van der Waals surface area contributed by atoms with Crippen molar-refractivity contribution in [2.24, 2.45) is 0 Å². The first kappa shape index (κ1) is 24.2. The summed E-state index contributed by atoms with van der Waals surface area (Å²) in [6, 6.07) is 16.3. The van der Waals surface area contributed by atoms with Crippen LogP contribution < -0.4 is 0 Å². The number of aliphatic carboxylic acids is 2. The lowest BCUT2D eigenvalue weighted by molar-refractivity contribution is -0.134. The summed E-state index contributed by atoms with van der Waals surface area (Å²) in [5.41, 5.74) is 2.05. The highest BCUT2D eigenvalue weighted by atomic mass is 32.2. The Hall–Kier alpha value is -3.10. The fourth-order valence-corrected chi connectivity index (χ4v) is 3.73. The highest BCUT2D eigenvalue weighted by Crippen LogP contribution is 2.31. The van der Waals surface area contributed by atoms with Crippen molar-refractivity contribution in [2.45, 2.75) is 16.7 Å². The van der Waals surface area contributed by atoms with Crippen LogP contribution in [0, 0.1) is 6.92 Å². The van der Waals surface area contributed by atoms with Gasteiger partial charge in [0.25, 0.3) is 5.91 Å². The van der Waals surface area contributed by atoms with E-state index in [1.54, 1.807) is 11.8 Å². The number of carbonyl (C=O) groups excluding carboxylic acids is 1. The highest BCUT2D eigenvalue weighted by molar-refractivity contribution is 7.99. The third-order valence-corrected chi connectivity index (χ3v) is 5.61. The number of carboxylic acids is 2. The molecule has 1 aliphatic heterocycles. The first-order valence-electron chi connectivity index (χ1n) is 9.71. The van der Waals surface area contributed by atoms with Crippen LogP contribution in [0.4, 0.5) is 0 Å². The summed E-state index contributed by atoms with van der Waals surface area (Å²) in [6.07, 6.45) is 1.12. The van der Waals surface area contributed by atoms with Crippen LogP contribution in [0.5, 0.6) is 0 Å².